The maximum atomic E-state index is 13.4. The molecule has 1 heterocycles. The van der Waals surface area contributed by atoms with Gasteiger partial charge in [0.25, 0.3) is 5.91 Å². The quantitative estimate of drug-likeness (QED) is 0.844. The number of ether oxygens (including phenoxy) is 1. The van der Waals surface area contributed by atoms with Gasteiger partial charge in [0.05, 0.1) is 5.69 Å². The summed E-state index contributed by atoms with van der Waals surface area (Å²) in [6, 6.07) is 4.68. The molecule has 1 aliphatic rings. The molecule has 1 aromatic rings. The highest BCUT2D eigenvalue weighted by Crippen LogP contribution is 2.19. The van der Waals surface area contributed by atoms with Crippen LogP contribution in [0.5, 0.6) is 0 Å². The summed E-state index contributed by atoms with van der Waals surface area (Å²) in [5, 5.41) is 2.54. The number of halogens is 2. The third-order valence-corrected chi connectivity index (χ3v) is 3.08. The molecule has 3 nitrogen and oxygen atoms in total. The van der Waals surface area contributed by atoms with Crippen molar-refractivity contribution in [2.24, 2.45) is 0 Å². The first-order chi connectivity index (χ1) is 7.66. The van der Waals surface area contributed by atoms with E-state index in [2.05, 4.69) is 5.32 Å². The van der Waals surface area contributed by atoms with Crippen molar-refractivity contribution in [1.82, 2.24) is 0 Å². The van der Waals surface area contributed by atoms with Crippen molar-refractivity contribution in [2.75, 3.05) is 11.9 Å². The Bertz CT molecular complexity index is 405. The van der Waals surface area contributed by atoms with Gasteiger partial charge in [0.1, 0.15) is 11.9 Å². The number of rotatable bonds is 2. The summed E-state index contributed by atoms with van der Waals surface area (Å²) in [6.45, 7) is 0.604. The Kier molecular flexibility index (Phi) is 3.75. The first kappa shape index (κ1) is 11.8. The minimum absolute atomic E-state index is 0.209. The third kappa shape index (κ3) is 2.70. The van der Waals surface area contributed by atoms with Crippen molar-refractivity contribution in [2.45, 2.75) is 18.9 Å². The average Bonchev–Trinajstić information content (AvgIpc) is 2.75. The van der Waals surface area contributed by atoms with Crippen LogP contribution in [0.25, 0.3) is 0 Å². The molecule has 1 unspecified atom stereocenters. The van der Waals surface area contributed by atoms with Gasteiger partial charge in [0, 0.05) is 10.2 Å². The summed E-state index contributed by atoms with van der Waals surface area (Å²) in [7, 11) is 0. The number of anilines is 1. The van der Waals surface area contributed by atoms with Crippen LogP contribution in [0, 0.1) is 9.39 Å². The number of benzene rings is 1. The van der Waals surface area contributed by atoms with E-state index in [-0.39, 0.29) is 11.6 Å². The largest absolute Gasteiger partial charge is 0.368 e. The van der Waals surface area contributed by atoms with Gasteiger partial charge < -0.3 is 10.1 Å². The molecule has 5 heteroatoms. The van der Waals surface area contributed by atoms with Gasteiger partial charge in [0.2, 0.25) is 0 Å². The number of hydrogen-bond donors (Lipinski definition) is 1. The zero-order valence-electron chi connectivity index (χ0n) is 8.50. The van der Waals surface area contributed by atoms with Crippen LogP contribution >= 0.6 is 22.6 Å². The lowest BCUT2D eigenvalue weighted by Crippen LogP contribution is -2.27. The molecular formula is C11H11FINO2. The Morgan fingerprint density at radius 1 is 1.56 bits per heavy atom. The monoisotopic (exact) mass is 335 g/mol. The van der Waals surface area contributed by atoms with E-state index in [9.17, 15) is 9.18 Å². The SMILES string of the molecule is O=C(Nc1ccc(I)cc1F)C1CCCO1. The highest BCUT2D eigenvalue weighted by Gasteiger charge is 2.24. The third-order valence-electron chi connectivity index (χ3n) is 2.41. The van der Waals surface area contributed by atoms with Gasteiger partial charge in [0.15, 0.2) is 0 Å². The lowest BCUT2D eigenvalue weighted by atomic mass is 10.2. The number of carbonyl (C=O) groups is 1. The molecule has 1 fully saturated rings. The van der Waals surface area contributed by atoms with E-state index in [0.29, 0.717) is 13.0 Å². The molecule has 0 spiro atoms. The van der Waals surface area contributed by atoms with Crippen LogP contribution in [0.2, 0.25) is 0 Å². The number of carbonyl (C=O) groups excluding carboxylic acids is 1. The fraction of sp³-hybridized carbons (Fsp3) is 0.364. The molecule has 1 saturated heterocycles. The zero-order valence-corrected chi connectivity index (χ0v) is 10.7. The number of amides is 1. The average molecular weight is 335 g/mol. The molecule has 1 atom stereocenters. The Morgan fingerprint density at radius 3 is 3.00 bits per heavy atom. The minimum Gasteiger partial charge on any atom is -0.368 e. The van der Waals surface area contributed by atoms with Crippen molar-refractivity contribution in [3.63, 3.8) is 0 Å². The van der Waals surface area contributed by atoms with E-state index in [1.165, 1.54) is 6.07 Å². The molecular weight excluding hydrogens is 324 g/mol. The second kappa shape index (κ2) is 5.09. The smallest absolute Gasteiger partial charge is 0.253 e. The van der Waals surface area contributed by atoms with E-state index in [4.69, 9.17) is 4.74 Å². The first-order valence-corrected chi connectivity index (χ1v) is 6.12. The van der Waals surface area contributed by atoms with Gasteiger partial charge in [-0.1, -0.05) is 0 Å². The van der Waals surface area contributed by atoms with Crippen LogP contribution in [0.1, 0.15) is 12.8 Å². The van der Waals surface area contributed by atoms with E-state index in [1.54, 1.807) is 12.1 Å². The van der Waals surface area contributed by atoms with Crippen LogP contribution in [-0.2, 0) is 9.53 Å². The van der Waals surface area contributed by atoms with Gasteiger partial charge in [-0.3, -0.25) is 4.79 Å². The van der Waals surface area contributed by atoms with Crippen molar-refractivity contribution in [3.05, 3.63) is 27.6 Å². The fourth-order valence-electron chi connectivity index (χ4n) is 1.59. The molecule has 0 radical (unpaired) electrons. The molecule has 86 valence electrons. The Balaban J connectivity index is 2.05. The van der Waals surface area contributed by atoms with Crippen molar-refractivity contribution < 1.29 is 13.9 Å². The lowest BCUT2D eigenvalue weighted by molar-refractivity contribution is -0.124. The summed E-state index contributed by atoms with van der Waals surface area (Å²) < 4.78 is 19.4. The summed E-state index contributed by atoms with van der Waals surface area (Å²) in [5.74, 6) is -0.684. The van der Waals surface area contributed by atoms with Gasteiger partial charge in [-0.25, -0.2) is 4.39 Å². The van der Waals surface area contributed by atoms with E-state index >= 15 is 0 Å². The van der Waals surface area contributed by atoms with Gasteiger partial charge >= 0.3 is 0 Å². The Hall–Kier alpha value is -0.690. The van der Waals surface area contributed by atoms with Gasteiger partial charge in [-0.2, -0.15) is 0 Å². The molecule has 1 N–H and O–H groups in total. The van der Waals surface area contributed by atoms with Crippen LogP contribution in [-0.4, -0.2) is 18.6 Å². The molecule has 1 amide bonds. The molecule has 0 aromatic heterocycles. The summed E-state index contributed by atoms with van der Waals surface area (Å²) in [6.07, 6.45) is 1.16. The van der Waals surface area contributed by atoms with Crippen LogP contribution in [0.4, 0.5) is 10.1 Å². The maximum absolute atomic E-state index is 13.4. The molecule has 0 saturated carbocycles. The highest BCUT2D eigenvalue weighted by atomic mass is 127. The second-order valence-electron chi connectivity index (χ2n) is 3.62. The second-order valence-corrected chi connectivity index (χ2v) is 4.86. The summed E-state index contributed by atoms with van der Waals surface area (Å²) in [5.41, 5.74) is 0.209. The zero-order chi connectivity index (χ0) is 11.5. The maximum Gasteiger partial charge on any atom is 0.253 e. The normalized spacial score (nSPS) is 19.8. The Morgan fingerprint density at radius 2 is 2.38 bits per heavy atom. The first-order valence-electron chi connectivity index (χ1n) is 5.04. The van der Waals surface area contributed by atoms with Crippen LogP contribution in [0.15, 0.2) is 18.2 Å². The van der Waals surface area contributed by atoms with Crippen molar-refractivity contribution >= 4 is 34.2 Å². The molecule has 1 aliphatic heterocycles. The van der Waals surface area contributed by atoms with Gasteiger partial charge in [-0.15, -0.1) is 0 Å². The lowest BCUT2D eigenvalue weighted by Gasteiger charge is -2.11. The minimum atomic E-state index is -0.432. The molecule has 0 aliphatic carbocycles. The summed E-state index contributed by atoms with van der Waals surface area (Å²) >= 11 is 2.02. The predicted octanol–water partition coefficient (Wildman–Crippen LogP) is 2.55. The molecule has 1 aromatic carbocycles. The highest BCUT2D eigenvalue weighted by molar-refractivity contribution is 14.1. The number of nitrogens with one attached hydrogen (secondary N) is 1. The Labute approximate surface area is 107 Å². The molecule has 2 rings (SSSR count). The van der Waals surface area contributed by atoms with Crippen LogP contribution < -0.4 is 5.32 Å². The van der Waals surface area contributed by atoms with Gasteiger partial charge in [-0.05, 0) is 53.6 Å². The van der Waals surface area contributed by atoms with Crippen LogP contribution in [0.3, 0.4) is 0 Å². The topological polar surface area (TPSA) is 38.3 Å². The summed E-state index contributed by atoms with van der Waals surface area (Å²) in [4.78, 5) is 11.6. The standard InChI is InChI=1S/C11H11FINO2/c12-8-6-7(13)3-4-9(8)14-11(15)10-2-1-5-16-10/h3-4,6,10H,1-2,5H2,(H,14,15). The fourth-order valence-corrected chi connectivity index (χ4v) is 2.04. The molecule has 16 heavy (non-hydrogen) atoms. The predicted molar refractivity (Wildman–Crippen MR) is 66.7 cm³/mol. The van der Waals surface area contributed by atoms with Crippen molar-refractivity contribution in [3.8, 4) is 0 Å². The van der Waals surface area contributed by atoms with E-state index in [1.807, 2.05) is 22.6 Å². The van der Waals surface area contributed by atoms with E-state index < -0.39 is 11.9 Å². The molecule has 0 bridgehead atoms. The van der Waals surface area contributed by atoms with E-state index in [0.717, 1.165) is 9.99 Å². The number of hydrogen-bond acceptors (Lipinski definition) is 2. The van der Waals surface area contributed by atoms with Crippen molar-refractivity contribution in [1.29, 1.82) is 0 Å².